The van der Waals surface area contributed by atoms with Crippen LogP contribution in [0.4, 0.5) is 8.78 Å². The zero-order valence-electron chi connectivity index (χ0n) is 12.8. The van der Waals surface area contributed by atoms with Crippen LogP contribution in [-0.2, 0) is 4.75 Å². The Morgan fingerprint density at radius 3 is 2.58 bits per heavy atom. The van der Waals surface area contributed by atoms with E-state index in [1.165, 1.54) is 6.07 Å². The minimum absolute atomic E-state index is 0.0439. The van der Waals surface area contributed by atoms with Crippen molar-refractivity contribution in [1.82, 2.24) is 0 Å². The monoisotopic (exact) mass is 364 g/mol. The smallest absolute Gasteiger partial charge is 0.165 e. The summed E-state index contributed by atoms with van der Waals surface area (Å²) >= 11 is 7.52. The van der Waals surface area contributed by atoms with Gasteiger partial charge in [0.05, 0.1) is 16.9 Å². The van der Waals surface area contributed by atoms with Crippen molar-refractivity contribution in [1.29, 1.82) is 0 Å². The number of benzene rings is 2. The molecule has 0 amide bonds. The van der Waals surface area contributed by atoms with E-state index in [1.54, 1.807) is 11.8 Å². The van der Waals surface area contributed by atoms with Crippen LogP contribution in [-0.4, -0.2) is 6.61 Å². The van der Waals surface area contributed by atoms with Crippen LogP contribution in [0.1, 0.15) is 18.4 Å². The number of ether oxygens (including phenoxy) is 1. The Morgan fingerprint density at radius 2 is 1.83 bits per heavy atom. The highest BCUT2D eigenvalue weighted by molar-refractivity contribution is 8.00. The molecule has 1 saturated carbocycles. The number of fused-ring (bicyclic) bond motifs is 3. The molecule has 2 aliphatic rings. The summed E-state index contributed by atoms with van der Waals surface area (Å²) in [7, 11) is 0. The summed E-state index contributed by atoms with van der Waals surface area (Å²) in [5.74, 6) is -0.831. The van der Waals surface area contributed by atoms with E-state index in [1.807, 2.05) is 24.3 Å². The zero-order chi connectivity index (χ0) is 16.9. The molecule has 4 rings (SSSR count). The molecule has 2 aromatic carbocycles. The van der Waals surface area contributed by atoms with Gasteiger partial charge >= 0.3 is 0 Å². The summed E-state index contributed by atoms with van der Waals surface area (Å²) in [4.78, 5) is 0.968. The van der Waals surface area contributed by atoms with Crippen LogP contribution in [0, 0.1) is 17.6 Å². The normalized spacial score (nSPS) is 25.1. The van der Waals surface area contributed by atoms with Crippen molar-refractivity contribution in [2.75, 3.05) is 6.61 Å². The molecule has 2 atom stereocenters. The third-order valence-corrected chi connectivity index (χ3v) is 6.54. The molecule has 0 aromatic heterocycles. The van der Waals surface area contributed by atoms with Crippen molar-refractivity contribution in [2.45, 2.75) is 22.5 Å². The summed E-state index contributed by atoms with van der Waals surface area (Å²) in [5.41, 5.74) is 1.37. The third kappa shape index (κ3) is 2.44. The molecule has 0 radical (unpaired) electrons. The van der Waals surface area contributed by atoms with Crippen LogP contribution >= 0.6 is 23.4 Å². The van der Waals surface area contributed by atoms with E-state index in [0.29, 0.717) is 23.6 Å². The lowest BCUT2D eigenvalue weighted by molar-refractivity contribution is 0.184. The van der Waals surface area contributed by atoms with Crippen molar-refractivity contribution in [3.8, 4) is 5.75 Å². The Labute approximate surface area is 148 Å². The van der Waals surface area contributed by atoms with E-state index in [0.717, 1.165) is 23.0 Å². The van der Waals surface area contributed by atoms with Crippen molar-refractivity contribution in [2.24, 2.45) is 5.92 Å². The number of thioether (sulfide) groups is 1. The maximum atomic E-state index is 14.7. The summed E-state index contributed by atoms with van der Waals surface area (Å²) < 4.78 is 33.9. The van der Waals surface area contributed by atoms with Gasteiger partial charge in [-0.15, -0.1) is 11.8 Å². The van der Waals surface area contributed by atoms with Crippen LogP contribution in [0.25, 0.3) is 0 Å². The molecule has 124 valence electrons. The number of halogens is 3. The number of rotatable bonds is 2. The zero-order valence-corrected chi connectivity index (χ0v) is 14.4. The van der Waals surface area contributed by atoms with E-state index in [9.17, 15) is 8.78 Å². The molecule has 0 spiro atoms. The molecule has 1 aliphatic carbocycles. The quantitative estimate of drug-likeness (QED) is 0.607. The van der Waals surface area contributed by atoms with Gasteiger partial charge in [0.15, 0.2) is 11.6 Å². The molecule has 1 aliphatic heterocycles. The van der Waals surface area contributed by atoms with Gasteiger partial charge in [-0.3, -0.25) is 0 Å². The topological polar surface area (TPSA) is 9.23 Å². The highest BCUT2D eigenvalue weighted by Gasteiger charge is 2.53. The second-order valence-corrected chi connectivity index (χ2v) is 8.16. The van der Waals surface area contributed by atoms with Crippen LogP contribution < -0.4 is 4.74 Å². The molecule has 0 N–H and O–H groups in total. The molecule has 1 unspecified atom stereocenters. The molecule has 24 heavy (non-hydrogen) atoms. The van der Waals surface area contributed by atoms with Crippen molar-refractivity contribution in [3.63, 3.8) is 0 Å². The first-order valence-electron chi connectivity index (χ1n) is 7.72. The van der Waals surface area contributed by atoms with Gasteiger partial charge in [-0.1, -0.05) is 23.8 Å². The molecule has 1 fully saturated rings. The Kier molecular flexibility index (Phi) is 3.85. The highest BCUT2D eigenvalue weighted by atomic mass is 35.5. The van der Waals surface area contributed by atoms with Gasteiger partial charge in [-0.25, -0.2) is 8.78 Å². The van der Waals surface area contributed by atoms with E-state index in [2.05, 4.69) is 6.58 Å². The van der Waals surface area contributed by atoms with Crippen molar-refractivity contribution < 1.29 is 13.5 Å². The standard InChI is InChI=1S/C19H15ClF2OS/c1-11-8-12-10-23-18-16(22)7-6-15(21)17(18)19(12,9-11)24-14-4-2-13(20)3-5-14/h2-7,12H,1,8-10H2/t12?,19-/m0/s1. The van der Waals surface area contributed by atoms with E-state index in [-0.39, 0.29) is 11.7 Å². The lowest BCUT2D eigenvalue weighted by Crippen LogP contribution is -2.37. The predicted octanol–water partition coefficient (Wildman–Crippen LogP) is 5.96. The van der Waals surface area contributed by atoms with Gasteiger partial charge in [0.1, 0.15) is 5.82 Å². The predicted molar refractivity (Wildman–Crippen MR) is 92.7 cm³/mol. The fourth-order valence-corrected chi connectivity index (χ4v) is 5.43. The minimum atomic E-state index is -0.593. The van der Waals surface area contributed by atoms with Crippen molar-refractivity contribution >= 4 is 23.4 Å². The van der Waals surface area contributed by atoms with E-state index in [4.69, 9.17) is 16.3 Å². The molecular weight excluding hydrogens is 350 g/mol. The van der Waals surface area contributed by atoms with Crippen LogP contribution in [0.3, 0.4) is 0 Å². The number of hydrogen-bond acceptors (Lipinski definition) is 2. The molecule has 2 aromatic rings. The lowest BCUT2D eigenvalue weighted by Gasteiger charge is -2.40. The van der Waals surface area contributed by atoms with E-state index < -0.39 is 16.4 Å². The van der Waals surface area contributed by atoms with Crippen LogP contribution in [0.15, 0.2) is 53.4 Å². The van der Waals surface area contributed by atoms with Gasteiger partial charge in [-0.05, 0) is 49.2 Å². The molecule has 1 nitrogen and oxygen atoms in total. The Morgan fingerprint density at radius 1 is 1.12 bits per heavy atom. The van der Waals surface area contributed by atoms with E-state index >= 15 is 0 Å². The maximum Gasteiger partial charge on any atom is 0.165 e. The lowest BCUT2D eigenvalue weighted by atomic mass is 9.85. The average Bonchev–Trinajstić information content (AvgIpc) is 2.88. The van der Waals surface area contributed by atoms with Gasteiger partial charge in [0.2, 0.25) is 0 Å². The minimum Gasteiger partial charge on any atom is -0.490 e. The second-order valence-electron chi connectivity index (χ2n) is 6.32. The molecule has 1 heterocycles. The fraction of sp³-hybridized carbons (Fsp3) is 0.263. The molecular formula is C19H15ClF2OS. The largest absolute Gasteiger partial charge is 0.490 e. The Balaban J connectivity index is 1.88. The Hall–Kier alpha value is -1.52. The average molecular weight is 365 g/mol. The number of hydrogen-bond donors (Lipinski definition) is 0. The third-order valence-electron chi connectivity index (χ3n) is 4.73. The summed E-state index contributed by atoms with van der Waals surface area (Å²) in [6.45, 7) is 4.47. The first-order valence-corrected chi connectivity index (χ1v) is 8.91. The van der Waals surface area contributed by atoms with Crippen molar-refractivity contribution in [3.05, 3.63) is 70.8 Å². The highest BCUT2D eigenvalue weighted by Crippen LogP contribution is 2.62. The Bertz CT molecular complexity index is 821. The summed E-state index contributed by atoms with van der Waals surface area (Å²) in [6, 6.07) is 9.74. The van der Waals surface area contributed by atoms with Gasteiger partial charge in [0.25, 0.3) is 0 Å². The second kappa shape index (κ2) is 5.78. The first-order chi connectivity index (χ1) is 11.5. The fourth-order valence-electron chi connectivity index (χ4n) is 3.72. The molecule has 0 saturated heterocycles. The van der Waals surface area contributed by atoms with Gasteiger partial charge < -0.3 is 4.74 Å². The SMILES string of the molecule is C=C1CC2COc3c(F)ccc(F)c3[C@]2(Sc2ccc(Cl)cc2)C1. The first kappa shape index (κ1) is 16.0. The summed E-state index contributed by atoms with van der Waals surface area (Å²) in [6.07, 6.45) is 1.37. The summed E-state index contributed by atoms with van der Waals surface area (Å²) in [5, 5.41) is 0.647. The number of allylic oxidation sites excluding steroid dienone is 1. The van der Waals surface area contributed by atoms with Crippen LogP contribution in [0.5, 0.6) is 5.75 Å². The molecule has 0 bridgehead atoms. The van der Waals surface area contributed by atoms with Crippen LogP contribution in [0.2, 0.25) is 5.02 Å². The van der Waals surface area contributed by atoms with Gasteiger partial charge in [0, 0.05) is 15.8 Å². The van der Waals surface area contributed by atoms with Gasteiger partial charge in [-0.2, -0.15) is 0 Å². The maximum absolute atomic E-state index is 14.7. The molecule has 5 heteroatoms.